The first-order valence-corrected chi connectivity index (χ1v) is 6.47. The molecule has 0 radical (unpaired) electrons. The molecule has 0 fully saturated rings. The van der Waals surface area contributed by atoms with E-state index in [1.54, 1.807) is 12.1 Å². The summed E-state index contributed by atoms with van der Waals surface area (Å²) in [5, 5.41) is 7.37. The maximum absolute atomic E-state index is 11.9. The average molecular weight is 299 g/mol. The predicted octanol–water partition coefficient (Wildman–Crippen LogP) is 3.26. The van der Waals surface area contributed by atoms with Crippen molar-refractivity contribution in [1.29, 1.82) is 0 Å². The van der Waals surface area contributed by atoms with E-state index in [1.807, 2.05) is 13.0 Å². The number of nitrogens with one attached hydrogen (secondary N) is 1. The smallest absolute Gasteiger partial charge is 0.252 e. The van der Waals surface area contributed by atoms with Crippen molar-refractivity contribution in [3.8, 4) is 0 Å². The van der Waals surface area contributed by atoms with Gasteiger partial charge >= 0.3 is 0 Å². The lowest BCUT2D eigenvalue weighted by Crippen LogP contribution is -2.25. The standard InChI is InChI=1S/C13H12Cl2N2O2/c1-8-6-10(19-17-8)4-5-16-13(18)11-3-2-9(14)7-12(11)15/h2-3,6-7H,4-5H2,1H3,(H,16,18). The molecule has 1 N–H and O–H groups in total. The molecule has 0 unspecified atom stereocenters. The lowest BCUT2D eigenvalue weighted by atomic mass is 10.2. The van der Waals surface area contributed by atoms with Gasteiger partial charge in [0.15, 0.2) is 0 Å². The molecule has 1 aromatic heterocycles. The van der Waals surface area contributed by atoms with Gasteiger partial charge in [-0.05, 0) is 25.1 Å². The summed E-state index contributed by atoms with van der Waals surface area (Å²) in [7, 11) is 0. The summed E-state index contributed by atoms with van der Waals surface area (Å²) in [6, 6.07) is 6.60. The van der Waals surface area contributed by atoms with E-state index in [1.165, 1.54) is 6.07 Å². The van der Waals surface area contributed by atoms with E-state index < -0.39 is 0 Å². The van der Waals surface area contributed by atoms with Crippen molar-refractivity contribution in [3.05, 3.63) is 51.3 Å². The zero-order valence-corrected chi connectivity index (χ0v) is 11.8. The number of carbonyl (C=O) groups excluding carboxylic acids is 1. The molecule has 1 amide bonds. The second-order valence-corrected chi connectivity index (χ2v) is 4.91. The van der Waals surface area contributed by atoms with E-state index in [-0.39, 0.29) is 5.91 Å². The number of hydrogen-bond acceptors (Lipinski definition) is 3. The molecule has 1 heterocycles. The molecule has 19 heavy (non-hydrogen) atoms. The number of amides is 1. The highest BCUT2D eigenvalue weighted by Gasteiger charge is 2.10. The third-order valence-corrected chi connectivity index (χ3v) is 3.06. The molecule has 4 nitrogen and oxygen atoms in total. The number of rotatable bonds is 4. The zero-order chi connectivity index (χ0) is 13.8. The minimum atomic E-state index is -0.238. The van der Waals surface area contributed by atoms with Gasteiger partial charge in [0.25, 0.3) is 5.91 Å². The summed E-state index contributed by atoms with van der Waals surface area (Å²) in [6.45, 7) is 2.30. The van der Waals surface area contributed by atoms with Gasteiger partial charge in [0.1, 0.15) is 5.76 Å². The van der Waals surface area contributed by atoms with Gasteiger partial charge in [-0.15, -0.1) is 0 Å². The highest BCUT2D eigenvalue weighted by atomic mass is 35.5. The number of hydrogen-bond donors (Lipinski definition) is 1. The molecule has 1 aromatic carbocycles. The van der Waals surface area contributed by atoms with Crippen molar-refractivity contribution >= 4 is 29.1 Å². The fourth-order valence-electron chi connectivity index (χ4n) is 1.60. The normalized spacial score (nSPS) is 10.5. The van der Waals surface area contributed by atoms with Crippen molar-refractivity contribution in [2.75, 3.05) is 6.54 Å². The van der Waals surface area contributed by atoms with E-state index in [2.05, 4.69) is 10.5 Å². The monoisotopic (exact) mass is 298 g/mol. The molecule has 0 aliphatic carbocycles. The Morgan fingerprint density at radius 1 is 1.37 bits per heavy atom. The summed E-state index contributed by atoms with van der Waals surface area (Å²) in [5.41, 5.74) is 1.22. The van der Waals surface area contributed by atoms with E-state index in [9.17, 15) is 4.79 Å². The Balaban J connectivity index is 1.90. The largest absolute Gasteiger partial charge is 0.361 e. The lowest BCUT2D eigenvalue weighted by molar-refractivity contribution is 0.0953. The van der Waals surface area contributed by atoms with Crippen LogP contribution in [0.15, 0.2) is 28.8 Å². The van der Waals surface area contributed by atoms with Crippen molar-refractivity contribution in [2.24, 2.45) is 0 Å². The first-order chi connectivity index (χ1) is 9.06. The van der Waals surface area contributed by atoms with Gasteiger partial charge in [0.2, 0.25) is 0 Å². The zero-order valence-electron chi connectivity index (χ0n) is 10.2. The number of aryl methyl sites for hydroxylation is 1. The maximum atomic E-state index is 11.9. The second kappa shape index (κ2) is 6.08. The molecule has 0 aliphatic rings. The van der Waals surface area contributed by atoms with Gasteiger partial charge in [0, 0.05) is 24.1 Å². The number of aromatic nitrogens is 1. The molecule has 0 saturated heterocycles. The molecule has 6 heteroatoms. The minimum Gasteiger partial charge on any atom is -0.361 e. The molecule has 100 valence electrons. The van der Waals surface area contributed by atoms with Crippen molar-refractivity contribution in [3.63, 3.8) is 0 Å². The van der Waals surface area contributed by atoms with Crippen LogP contribution in [0.2, 0.25) is 10.0 Å². The van der Waals surface area contributed by atoms with Crippen LogP contribution in [-0.4, -0.2) is 17.6 Å². The minimum absolute atomic E-state index is 0.238. The van der Waals surface area contributed by atoms with Gasteiger partial charge in [-0.3, -0.25) is 4.79 Å². The summed E-state index contributed by atoms with van der Waals surface area (Å²) >= 11 is 11.7. The highest BCUT2D eigenvalue weighted by molar-refractivity contribution is 6.36. The Morgan fingerprint density at radius 3 is 2.79 bits per heavy atom. The van der Waals surface area contributed by atoms with Crippen LogP contribution in [0.4, 0.5) is 0 Å². The van der Waals surface area contributed by atoms with Gasteiger partial charge < -0.3 is 9.84 Å². The Morgan fingerprint density at radius 2 is 2.16 bits per heavy atom. The van der Waals surface area contributed by atoms with Crippen molar-refractivity contribution < 1.29 is 9.32 Å². The first kappa shape index (κ1) is 13.9. The van der Waals surface area contributed by atoms with Crippen LogP contribution in [0, 0.1) is 6.92 Å². The van der Waals surface area contributed by atoms with Crippen molar-refractivity contribution in [1.82, 2.24) is 10.5 Å². The van der Waals surface area contributed by atoms with E-state index in [0.29, 0.717) is 28.6 Å². The lowest BCUT2D eigenvalue weighted by Gasteiger charge is -2.05. The van der Waals surface area contributed by atoms with Gasteiger partial charge in [-0.2, -0.15) is 0 Å². The van der Waals surface area contributed by atoms with Crippen LogP contribution in [0.3, 0.4) is 0 Å². The molecule has 0 aliphatic heterocycles. The molecule has 0 bridgehead atoms. The maximum Gasteiger partial charge on any atom is 0.252 e. The topological polar surface area (TPSA) is 55.1 Å². The Kier molecular flexibility index (Phi) is 4.45. The van der Waals surface area contributed by atoms with Crippen LogP contribution in [0.25, 0.3) is 0 Å². The third-order valence-electron chi connectivity index (χ3n) is 2.51. The summed E-state index contributed by atoms with van der Waals surface area (Å²) in [4.78, 5) is 11.9. The first-order valence-electron chi connectivity index (χ1n) is 5.71. The number of nitrogens with zero attached hydrogens (tertiary/aromatic N) is 1. The van der Waals surface area contributed by atoms with Gasteiger partial charge in [0.05, 0.1) is 16.3 Å². The predicted molar refractivity (Wildman–Crippen MR) is 73.7 cm³/mol. The molecule has 2 rings (SSSR count). The van der Waals surface area contributed by atoms with E-state index in [4.69, 9.17) is 27.7 Å². The summed E-state index contributed by atoms with van der Waals surface area (Å²) in [6.07, 6.45) is 0.581. The second-order valence-electron chi connectivity index (χ2n) is 4.06. The molecular weight excluding hydrogens is 287 g/mol. The van der Waals surface area contributed by atoms with E-state index in [0.717, 1.165) is 11.5 Å². The van der Waals surface area contributed by atoms with Crippen LogP contribution in [-0.2, 0) is 6.42 Å². The highest BCUT2D eigenvalue weighted by Crippen LogP contribution is 2.20. The SMILES string of the molecule is Cc1cc(CCNC(=O)c2ccc(Cl)cc2Cl)on1. The van der Waals surface area contributed by atoms with E-state index >= 15 is 0 Å². The van der Waals surface area contributed by atoms with Crippen LogP contribution in [0.1, 0.15) is 21.8 Å². The summed E-state index contributed by atoms with van der Waals surface area (Å²) < 4.78 is 5.05. The summed E-state index contributed by atoms with van der Waals surface area (Å²) in [5.74, 6) is 0.498. The number of carbonyl (C=O) groups is 1. The number of halogens is 2. The average Bonchev–Trinajstić information content (AvgIpc) is 2.75. The number of benzene rings is 1. The van der Waals surface area contributed by atoms with Gasteiger partial charge in [-0.25, -0.2) is 0 Å². The Hall–Kier alpha value is -1.52. The molecule has 2 aromatic rings. The Bertz CT molecular complexity index is 596. The van der Waals surface area contributed by atoms with Gasteiger partial charge in [-0.1, -0.05) is 28.4 Å². The van der Waals surface area contributed by atoms with Crippen molar-refractivity contribution in [2.45, 2.75) is 13.3 Å². The van der Waals surface area contributed by atoms with Crippen LogP contribution >= 0.6 is 23.2 Å². The fraction of sp³-hybridized carbons (Fsp3) is 0.231. The molecule has 0 atom stereocenters. The quantitative estimate of drug-likeness (QED) is 0.942. The molecule has 0 spiro atoms. The third kappa shape index (κ3) is 3.72. The fourth-order valence-corrected chi connectivity index (χ4v) is 2.10. The molecule has 0 saturated carbocycles. The van der Waals surface area contributed by atoms with Crippen LogP contribution in [0.5, 0.6) is 0 Å². The Labute approximate surface area is 120 Å². The van der Waals surface area contributed by atoms with Crippen LogP contribution < -0.4 is 5.32 Å². The molecular formula is C13H12Cl2N2O2.